The topological polar surface area (TPSA) is 79.0 Å². The van der Waals surface area contributed by atoms with Crippen molar-refractivity contribution >= 4 is 63.9 Å². The van der Waals surface area contributed by atoms with Crippen LogP contribution in [0.25, 0.3) is 0 Å². The van der Waals surface area contributed by atoms with E-state index in [1.54, 1.807) is 30.3 Å². The molecule has 1 spiro atoms. The maximum absolute atomic E-state index is 14.2. The van der Waals surface area contributed by atoms with Crippen molar-refractivity contribution in [3.63, 3.8) is 0 Å². The van der Waals surface area contributed by atoms with Crippen molar-refractivity contribution in [1.29, 1.82) is 0 Å². The number of carbonyl (C=O) groups excluding carboxylic acids is 3. The van der Waals surface area contributed by atoms with Gasteiger partial charge in [0.25, 0.3) is 5.91 Å². The number of hydrogen-bond donors (Lipinski definition) is 1. The molecule has 10 heteroatoms. The van der Waals surface area contributed by atoms with Gasteiger partial charge in [0, 0.05) is 33.8 Å². The van der Waals surface area contributed by atoms with Crippen LogP contribution < -0.4 is 15.0 Å². The fourth-order valence-electron chi connectivity index (χ4n) is 7.28. The van der Waals surface area contributed by atoms with Crippen LogP contribution in [0.15, 0.2) is 30.3 Å². The molecule has 4 heterocycles. The summed E-state index contributed by atoms with van der Waals surface area (Å²) in [7, 11) is 1.49. The number of imide groups is 1. The standard InChI is InChI=1S/C25H20Cl3N3O4/c1-24-8-16-18-19(22(33)30(21(18)32)12-3-10(26)4-13(7-12)35-2)25(31(16)17(24)9-24)14-5-11(27)6-15(28)20(14)29-23(25)34/h3-7,16-19H,8-9H2,1-2H3,(H,29,34)/t16?,17?,18?,19?,24-,25?/m1/s1. The molecular weight excluding hydrogens is 513 g/mol. The molecule has 3 amide bonds. The molecule has 35 heavy (non-hydrogen) atoms. The van der Waals surface area contributed by atoms with Crippen LogP contribution in [-0.2, 0) is 19.9 Å². The van der Waals surface area contributed by atoms with E-state index in [2.05, 4.69) is 17.1 Å². The molecular formula is C25H20Cl3N3O4. The third-order valence-corrected chi connectivity index (χ3v) is 9.43. The largest absolute Gasteiger partial charge is 0.497 e. The molecule has 0 radical (unpaired) electrons. The van der Waals surface area contributed by atoms with Gasteiger partial charge in [0.15, 0.2) is 0 Å². The van der Waals surface area contributed by atoms with Crippen molar-refractivity contribution in [3.05, 3.63) is 51.0 Å². The second-order valence-electron chi connectivity index (χ2n) is 10.4. The van der Waals surface area contributed by atoms with Crippen molar-refractivity contribution < 1.29 is 19.1 Å². The summed E-state index contributed by atoms with van der Waals surface area (Å²) in [6, 6.07) is 7.92. The smallest absolute Gasteiger partial charge is 0.250 e. The van der Waals surface area contributed by atoms with Gasteiger partial charge in [-0.25, -0.2) is 4.90 Å². The van der Waals surface area contributed by atoms with Crippen molar-refractivity contribution in [2.45, 2.75) is 37.4 Å². The summed E-state index contributed by atoms with van der Waals surface area (Å²) in [5.41, 5.74) is 0.00236. The summed E-state index contributed by atoms with van der Waals surface area (Å²) < 4.78 is 5.31. The molecule has 2 aromatic carbocycles. The molecule has 180 valence electrons. The minimum Gasteiger partial charge on any atom is -0.497 e. The summed E-state index contributed by atoms with van der Waals surface area (Å²) in [6.07, 6.45) is 1.66. The molecule has 5 aliphatic rings. The quantitative estimate of drug-likeness (QED) is 0.577. The highest BCUT2D eigenvalue weighted by molar-refractivity contribution is 6.38. The molecule has 4 fully saturated rings. The van der Waals surface area contributed by atoms with Gasteiger partial charge in [-0.1, -0.05) is 41.7 Å². The first-order valence-electron chi connectivity index (χ1n) is 11.4. The normalized spacial score (nSPS) is 36.4. The number of rotatable bonds is 2. The van der Waals surface area contributed by atoms with Gasteiger partial charge in [0.05, 0.1) is 35.3 Å². The van der Waals surface area contributed by atoms with E-state index in [0.717, 1.165) is 12.8 Å². The van der Waals surface area contributed by atoms with Gasteiger partial charge in [0.2, 0.25) is 11.8 Å². The molecule has 7 rings (SSSR count). The Labute approximate surface area is 216 Å². The lowest BCUT2D eigenvalue weighted by Gasteiger charge is -2.38. The molecule has 2 aromatic rings. The third-order valence-electron chi connectivity index (χ3n) is 8.70. The minimum absolute atomic E-state index is 0.00403. The highest BCUT2D eigenvalue weighted by Gasteiger charge is 2.81. The summed E-state index contributed by atoms with van der Waals surface area (Å²) in [5, 5.41) is 3.94. The van der Waals surface area contributed by atoms with Crippen molar-refractivity contribution in [1.82, 2.24) is 4.90 Å². The number of halogens is 3. The number of anilines is 2. The first-order valence-corrected chi connectivity index (χ1v) is 12.6. The lowest BCUT2D eigenvalue weighted by Crippen LogP contribution is -2.55. The molecule has 6 atom stereocenters. The van der Waals surface area contributed by atoms with Crippen LogP contribution >= 0.6 is 34.8 Å². The second kappa shape index (κ2) is 6.71. The maximum atomic E-state index is 14.2. The van der Waals surface area contributed by atoms with Crippen LogP contribution in [-0.4, -0.2) is 41.8 Å². The van der Waals surface area contributed by atoms with E-state index in [1.165, 1.54) is 12.0 Å². The van der Waals surface area contributed by atoms with E-state index >= 15 is 0 Å². The van der Waals surface area contributed by atoms with Gasteiger partial charge in [-0.05, 0) is 42.5 Å². The number of methoxy groups -OCH3 is 1. The lowest BCUT2D eigenvalue weighted by atomic mass is 9.75. The molecule has 1 N–H and O–H groups in total. The van der Waals surface area contributed by atoms with E-state index in [4.69, 9.17) is 39.5 Å². The number of fused-ring (bicyclic) bond motifs is 9. The number of benzene rings is 2. The van der Waals surface area contributed by atoms with Gasteiger partial charge >= 0.3 is 0 Å². The molecule has 7 nitrogen and oxygen atoms in total. The highest BCUT2D eigenvalue weighted by atomic mass is 35.5. The van der Waals surface area contributed by atoms with Gasteiger partial charge < -0.3 is 10.1 Å². The molecule has 3 saturated heterocycles. The van der Waals surface area contributed by atoms with E-state index in [9.17, 15) is 14.4 Å². The van der Waals surface area contributed by atoms with Gasteiger partial charge in [-0.3, -0.25) is 19.3 Å². The summed E-state index contributed by atoms with van der Waals surface area (Å²) in [4.78, 5) is 45.4. The molecule has 0 aromatic heterocycles. The summed E-state index contributed by atoms with van der Waals surface area (Å²) in [6.45, 7) is 2.18. The van der Waals surface area contributed by atoms with Crippen molar-refractivity contribution in [2.75, 3.05) is 17.3 Å². The van der Waals surface area contributed by atoms with Crippen LogP contribution in [0.5, 0.6) is 5.75 Å². The lowest BCUT2D eigenvalue weighted by molar-refractivity contribution is -0.136. The van der Waals surface area contributed by atoms with Crippen LogP contribution in [0.2, 0.25) is 15.1 Å². The summed E-state index contributed by atoms with van der Waals surface area (Å²) >= 11 is 19.2. The number of piperidine rings is 1. The van der Waals surface area contributed by atoms with Gasteiger partial charge in [-0.2, -0.15) is 0 Å². The van der Waals surface area contributed by atoms with Crippen LogP contribution in [0, 0.1) is 17.3 Å². The number of amides is 3. The summed E-state index contributed by atoms with van der Waals surface area (Å²) in [5.74, 6) is -2.25. The zero-order valence-electron chi connectivity index (χ0n) is 18.8. The van der Waals surface area contributed by atoms with Crippen LogP contribution in [0.1, 0.15) is 25.3 Å². The van der Waals surface area contributed by atoms with Crippen molar-refractivity contribution in [2.24, 2.45) is 17.3 Å². The second-order valence-corrected chi connectivity index (χ2v) is 11.7. The Morgan fingerprint density at radius 2 is 1.74 bits per heavy atom. The van der Waals surface area contributed by atoms with Crippen LogP contribution in [0.4, 0.5) is 11.4 Å². The minimum atomic E-state index is -1.36. The number of carbonyl (C=O) groups is 3. The Balaban J connectivity index is 1.46. The Hall–Kier alpha value is -2.32. The predicted molar refractivity (Wildman–Crippen MR) is 131 cm³/mol. The van der Waals surface area contributed by atoms with E-state index in [1.807, 2.05) is 0 Å². The van der Waals surface area contributed by atoms with Crippen molar-refractivity contribution in [3.8, 4) is 5.75 Å². The first-order chi connectivity index (χ1) is 16.6. The number of nitrogens with zero attached hydrogens (tertiary/aromatic N) is 2. The monoisotopic (exact) mass is 531 g/mol. The van der Waals surface area contributed by atoms with E-state index < -0.39 is 23.3 Å². The zero-order valence-corrected chi connectivity index (χ0v) is 21.0. The SMILES string of the molecule is COc1cc(Cl)cc(N2C(=O)C3C4C[C@]5(C)CC5N4C4(C(=O)Nc5c(Cl)cc(Cl)cc54)C3C2=O)c1. The Morgan fingerprint density at radius 1 is 1.00 bits per heavy atom. The average Bonchev–Trinajstić information content (AvgIpc) is 3.03. The molecule has 5 unspecified atom stereocenters. The van der Waals surface area contributed by atoms with Gasteiger partial charge in [0.1, 0.15) is 11.3 Å². The van der Waals surface area contributed by atoms with E-state index in [0.29, 0.717) is 37.8 Å². The van der Waals surface area contributed by atoms with Crippen LogP contribution in [0.3, 0.4) is 0 Å². The maximum Gasteiger partial charge on any atom is 0.250 e. The fourth-order valence-corrected chi connectivity index (χ4v) is 8.04. The Kier molecular flexibility index (Phi) is 4.20. The number of hydrogen-bond acceptors (Lipinski definition) is 5. The molecule has 1 aliphatic carbocycles. The Bertz CT molecular complexity index is 1400. The molecule has 1 saturated carbocycles. The number of nitrogens with one attached hydrogen (secondary N) is 1. The van der Waals surface area contributed by atoms with Gasteiger partial charge in [-0.15, -0.1) is 0 Å². The number of ether oxygens (including phenoxy) is 1. The molecule has 0 bridgehead atoms. The predicted octanol–water partition coefficient (Wildman–Crippen LogP) is 4.48. The zero-order chi connectivity index (χ0) is 24.6. The average molecular weight is 533 g/mol. The Morgan fingerprint density at radius 3 is 2.49 bits per heavy atom. The first kappa shape index (κ1) is 21.9. The highest BCUT2D eigenvalue weighted by Crippen LogP contribution is 2.72. The third kappa shape index (κ3) is 2.50. The molecule has 4 aliphatic heterocycles. The fraction of sp³-hybridized carbons (Fsp3) is 0.400. The van der Waals surface area contributed by atoms with E-state index in [-0.39, 0.29) is 29.3 Å².